The van der Waals surface area contributed by atoms with Gasteiger partial charge in [-0.3, -0.25) is 0 Å². The summed E-state index contributed by atoms with van der Waals surface area (Å²) in [6.45, 7) is 5.29. The highest BCUT2D eigenvalue weighted by Crippen LogP contribution is 2.22. The quantitative estimate of drug-likeness (QED) is 0.899. The highest BCUT2D eigenvalue weighted by atomic mass is 32.1. The molecule has 0 amide bonds. The Labute approximate surface area is 110 Å². The number of thiazole rings is 1. The Hall–Kier alpha value is -1.53. The van der Waals surface area contributed by atoms with Gasteiger partial charge in [0.25, 0.3) is 0 Å². The van der Waals surface area contributed by atoms with Crippen molar-refractivity contribution < 1.29 is 4.74 Å². The van der Waals surface area contributed by atoms with Crippen LogP contribution in [0.15, 0.2) is 11.4 Å². The third kappa shape index (κ3) is 3.02. The summed E-state index contributed by atoms with van der Waals surface area (Å²) < 4.78 is 5.12. The number of aryl methyl sites for hydroxylation is 1. The molecular formula is C12H16N4OS. The lowest BCUT2D eigenvalue weighted by molar-refractivity contribution is 0.181. The predicted octanol–water partition coefficient (Wildman–Crippen LogP) is 2.49. The van der Waals surface area contributed by atoms with Gasteiger partial charge in [0.2, 0.25) is 0 Å². The summed E-state index contributed by atoms with van der Waals surface area (Å²) in [5.41, 5.74) is 1.84. The fourth-order valence-corrected chi connectivity index (χ4v) is 2.27. The number of methoxy groups -OCH3 is 1. The van der Waals surface area contributed by atoms with Gasteiger partial charge in [0.05, 0.1) is 12.3 Å². The number of aromatic nitrogens is 3. The van der Waals surface area contributed by atoms with Crippen molar-refractivity contribution in [3.05, 3.63) is 22.8 Å². The first kappa shape index (κ1) is 12.9. The number of hydrogen-bond acceptors (Lipinski definition) is 6. The fraction of sp³-hybridized carbons (Fsp3) is 0.417. The van der Waals surface area contributed by atoms with E-state index < -0.39 is 0 Å². The van der Waals surface area contributed by atoms with Gasteiger partial charge in [0.1, 0.15) is 5.82 Å². The molecule has 0 saturated carbocycles. The molecular weight excluding hydrogens is 248 g/mol. The Balaban J connectivity index is 2.39. The van der Waals surface area contributed by atoms with Gasteiger partial charge in [-0.15, -0.1) is 11.3 Å². The predicted molar refractivity (Wildman–Crippen MR) is 72.8 cm³/mol. The summed E-state index contributed by atoms with van der Waals surface area (Å²) >= 11 is 1.55. The molecule has 2 rings (SSSR count). The van der Waals surface area contributed by atoms with Crippen molar-refractivity contribution >= 4 is 17.2 Å². The van der Waals surface area contributed by atoms with Crippen LogP contribution in [0.25, 0.3) is 10.8 Å². The summed E-state index contributed by atoms with van der Waals surface area (Å²) in [6, 6.07) is 1.90. The van der Waals surface area contributed by atoms with E-state index in [1.54, 1.807) is 18.4 Å². The molecule has 0 bridgehead atoms. The fourth-order valence-electron chi connectivity index (χ4n) is 1.54. The molecule has 2 aromatic heterocycles. The van der Waals surface area contributed by atoms with E-state index in [4.69, 9.17) is 4.74 Å². The van der Waals surface area contributed by atoms with Crippen LogP contribution >= 0.6 is 11.3 Å². The van der Waals surface area contributed by atoms with E-state index in [1.807, 2.05) is 25.3 Å². The minimum atomic E-state index is 0.471. The summed E-state index contributed by atoms with van der Waals surface area (Å²) in [6.07, 6.45) is 0. The van der Waals surface area contributed by atoms with Crippen molar-refractivity contribution in [2.75, 3.05) is 19.0 Å². The highest BCUT2D eigenvalue weighted by molar-refractivity contribution is 7.13. The van der Waals surface area contributed by atoms with E-state index in [-0.39, 0.29) is 0 Å². The van der Waals surface area contributed by atoms with E-state index in [0.717, 1.165) is 28.8 Å². The molecule has 2 heterocycles. The first-order valence-corrected chi connectivity index (χ1v) is 6.64. The molecule has 0 aliphatic carbocycles. The molecule has 2 aromatic rings. The second kappa shape index (κ2) is 5.88. The maximum Gasteiger partial charge on any atom is 0.191 e. The van der Waals surface area contributed by atoms with E-state index in [2.05, 4.69) is 20.3 Å². The minimum Gasteiger partial charge on any atom is -0.378 e. The summed E-state index contributed by atoms with van der Waals surface area (Å²) in [5, 5.41) is 6.03. The van der Waals surface area contributed by atoms with Crippen LogP contribution in [-0.2, 0) is 11.3 Å². The second-order valence-corrected chi connectivity index (χ2v) is 4.68. The first-order valence-electron chi connectivity index (χ1n) is 5.76. The van der Waals surface area contributed by atoms with Crippen LogP contribution in [-0.4, -0.2) is 28.6 Å². The Morgan fingerprint density at radius 2 is 2.17 bits per heavy atom. The normalized spacial score (nSPS) is 10.6. The lowest BCUT2D eigenvalue weighted by atomic mass is 10.4. The maximum absolute atomic E-state index is 5.12. The second-order valence-electron chi connectivity index (χ2n) is 3.83. The zero-order chi connectivity index (χ0) is 13.0. The van der Waals surface area contributed by atoms with Crippen molar-refractivity contribution in [3.8, 4) is 10.8 Å². The summed E-state index contributed by atoms with van der Waals surface area (Å²) in [4.78, 5) is 13.3. The lowest BCUT2D eigenvalue weighted by Crippen LogP contribution is -2.04. The van der Waals surface area contributed by atoms with Gasteiger partial charge in [0.15, 0.2) is 10.8 Å². The molecule has 0 spiro atoms. The molecule has 0 saturated heterocycles. The molecule has 1 N–H and O–H groups in total. The largest absolute Gasteiger partial charge is 0.378 e. The van der Waals surface area contributed by atoms with Crippen molar-refractivity contribution in [1.29, 1.82) is 0 Å². The van der Waals surface area contributed by atoms with Gasteiger partial charge in [0, 0.05) is 30.8 Å². The summed E-state index contributed by atoms with van der Waals surface area (Å²) in [7, 11) is 1.66. The van der Waals surface area contributed by atoms with Gasteiger partial charge < -0.3 is 10.1 Å². The molecule has 18 heavy (non-hydrogen) atoms. The molecule has 96 valence electrons. The van der Waals surface area contributed by atoms with Gasteiger partial charge in [-0.1, -0.05) is 0 Å². The van der Waals surface area contributed by atoms with Crippen LogP contribution in [0.1, 0.15) is 18.3 Å². The van der Waals surface area contributed by atoms with E-state index in [0.29, 0.717) is 12.4 Å². The first-order chi connectivity index (χ1) is 8.72. The van der Waals surface area contributed by atoms with Gasteiger partial charge >= 0.3 is 0 Å². The SMILES string of the molecule is CCNc1cc(COC)nc(-c2nc(C)cs2)n1. The average molecular weight is 264 g/mol. The number of nitrogens with zero attached hydrogens (tertiary/aromatic N) is 3. The standard InChI is InChI=1S/C12H16N4OS/c1-4-13-10-5-9(6-17-3)15-11(16-10)12-14-8(2)7-18-12/h5,7H,4,6H2,1-3H3,(H,13,15,16). The smallest absolute Gasteiger partial charge is 0.191 e. The molecule has 0 aliphatic rings. The number of ether oxygens (including phenoxy) is 1. The Kier molecular flexibility index (Phi) is 4.22. The number of nitrogens with one attached hydrogen (secondary N) is 1. The third-order valence-corrected chi connectivity index (χ3v) is 3.20. The van der Waals surface area contributed by atoms with Gasteiger partial charge in [-0.05, 0) is 13.8 Å². The number of rotatable bonds is 5. The number of anilines is 1. The zero-order valence-electron chi connectivity index (χ0n) is 10.7. The van der Waals surface area contributed by atoms with Crippen LogP contribution in [0.2, 0.25) is 0 Å². The molecule has 0 atom stereocenters. The molecule has 0 unspecified atom stereocenters. The molecule has 0 fully saturated rings. The monoisotopic (exact) mass is 264 g/mol. The van der Waals surface area contributed by atoms with Crippen molar-refractivity contribution in [1.82, 2.24) is 15.0 Å². The van der Waals surface area contributed by atoms with Crippen molar-refractivity contribution in [3.63, 3.8) is 0 Å². The average Bonchev–Trinajstić information content (AvgIpc) is 2.76. The topological polar surface area (TPSA) is 59.9 Å². The van der Waals surface area contributed by atoms with Crippen LogP contribution < -0.4 is 5.32 Å². The van der Waals surface area contributed by atoms with Crippen LogP contribution in [0, 0.1) is 6.92 Å². The molecule has 0 aliphatic heterocycles. The van der Waals surface area contributed by atoms with Crippen molar-refractivity contribution in [2.24, 2.45) is 0 Å². The Morgan fingerprint density at radius 3 is 2.78 bits per heavy atom. The van der Waals surface area contributed by atoms with Crippen LogP contribution in [0.5, 0.6) is 0 Å². The van der Waals surface area contributed by atoms with Crippen LogP contribution in [0.3, 0.4) is 0 Å². The van der Waals surface area contributed by atoms with E-state index >= 15 is 0 Å². The maximum atomic E-state index is 5.12. The van der Waals surface area contributed by atoms with Gasteiger partial charge in [-0.2, -0.15) is 0 Å². The van der Waals surface area contributed by atoms with Crippen molar-refractivity contribution in [2.45, 2.75) is 20.5 Å². The van der Waals surface area contributed by atoms with E-state index in [9.17, 15) is 0 Å². The third-order valence-electron chi connectivity index (χ3n) is 2.24. The van der Waals surface area contributed by atoms with Gasteiger partial charge in [-0.25, -0.2) is 15.0 Å². The zero-order valence-corrected chi connectivity index (χ0v) is 11.5. The lowest BCUT2D eigenvalue weighted by Gasteiger charge is -2.07. The molecule has 6 heteroatoms. The Morgan fingerprint density at radius 1 is 1.33 bits per heavy atom. The number of hydrogen-bond donors (Lipinski definition) is 1. The molecule has 0 radical (unpaired) electrons. The summed E-state index contributed by atoms with van der Waals surface area (Å²) in [5.74, 6) is 1.46. The molecule has 5 nitrogen and oxygen atoms in total. The van der Waals surface area contributed by atoms with E-state index in [1.165, 1.54) is 0 Å². The Bertz CT molecular complexity index is 502. The minimum absolute atomic E-state index is 0.471. The molecule has 0 aromatic carbocycles. The van der Waals surface area contributed by atoms with Crippen LogP contribution in [0.4, 0.5) is 5.82 Å². The highest BCUT2D eigenvalue weighted by Gasteiger charge is 2.09.